The van der Waals surface area contributed by atoms with Gasteiger partial charge in [-0.05, 0) is 6.42 Å². The zero-order chi connectivity index (χ0) is 8.69. The van der Waals surface area contributed by atoms with Crippen molar-refractivity contribution in [3.05, 3.63) is 12.2 Å². The molecule has 0 radical (unpaired) electrons. The molecule has 0 rings (SSSR count). The Kier molecular flexibility index (Phi) is 6.60. The van der Waals surface area contributed by atoms with Gasteiger partial charge in [0.2, 0.25) is 0 Å². The predicted molar refractivity (Wildman–Crippen MR) is 53.9 cm³/mol. The van der Waals surface area contributed by atoms with E-state index in [9.17, 15) is 4.79 Å². The van der Waals surface area contributed by atoms with Crippen molar-refractivity contribution in [2.24, 2.45) is 0 Å². The van der Waals surface area contributed by atoms with Crippen LogP contribution in [0.3, 0.4) is 0 Å². The summed E-state index contributed by atoms with van der Waals surface area (Å²) in [6.07, 6.45) is 1.98. The first-order valence-electron chi connectivity index (χ1n) is 3.63. The smallest absolute Gasteiger partial charge is 0.334 e. The maximum absolute atomic E-state index is 10.9. The quantitative estimate of drug-likeness (QED) is 0.251. The Labute approximate surface area is 81.1 Å². The van der Waals surface area contributed by atoms with Gasteiger partial charge in [-0.2, -0.15) is 0 Å². The van der Waals surface area contributed by atoms with Crippen LogP contribution in [0.2, 0.25) is 0 Å². The Bertz CT molecular complexity index is 143. The van der Waals surface area contributed by atoms with Crippen molar-refractivity contribution in [1.82, 2.24) is 0 Å². The lowest BCUT2D eigenvalue weighted by molar-refractivity contribution is -0.138. The third-order valence-corrected chi connectivity index (χ3v) is 2.10. The molecule has 0 aromatic heterocycles. The topological polar surface area (TPSA) is 26.3 Å². The Morgan fingerprint density at radius 1 is 1.64 bits per heavy atom. The Hall–Kier alpha value is -0.0600. The second kappa shape index (κ2) is 6.64. The molecule has 0 atom stereocenters. The lowest BCUT2D eigenvalue weighted by Gasteiger charge is -2.02. The molecule has 0 aliphatic rings. The minimum absolute atomic E-state index is 0.257. The summed E-state index contributed by atoms with van der Waals surface area (Å²) in [5.41, 5.74) is 0.543. The molecule has 0 spiro atoms. The van der Waals surface area contributed by atoms with Crippen LogP contribution < -0.4 is 0 Å². The molecule has 0 bridgehead atoms. The number of carbonyl (C=O) groups excluding carboxylic acids is 1. The maximum Gasteiger partial charge on any atom is 0.334 e. The van der Waals surface area contributed by atoms with Gasteiger partial charge in [-0.15, -0.1) is 0 Å². The monoisotopic (exact) mass is 268 g/mol. The van der Waals surface area contributed by atoms with Crippen LogP contribution in [-0.4, -0.2) is 17.0 Å². The van der Waals surface area contributed by atoms with E-state index in [1.165, 1.54) is 0 Å². The molecule has 0 aliphatic heterocycles. The summed E-state index contributed by atoms with van der Waals surface area (Å²) in [5.74, 6) is -0.257. The van der Waals surface area contributed by atoms with Crippen LogP contribution in [0.1, 0.15) is 19.8 Å². The average molecular weight is 268 g/mol. The number of unbranched alkanes of at least 4 members (excludes halogenated alkanes) is 1. The molecule has 0 aromatic rings. The highest BCUT2D eigenvalue weighted by Gasteiger charge is 2.04. The fraction of sp³-hybridized carbons (Fsp3) is 0.625. The molecule has 0 amide bonds. The van der Waals surface area contributed by atoms with E-state index in [0.717, 1.165) is 12.8 Å². The van der Waals surface area contributed by atoms with E-state index in [2.05, 4.69) is 36.1 Å². The van der Waals surface area contributed by atoms with Gasteiger partial charge in [0, 0.05) is 10.0 Å². The molecule has 0 saturated heterocycles. The molecule has 0 unspecified atom stereocenters. The van der Waals surface area contributed by atoms with Crippen LogP contribution in [0.15, 0.2) is 12.2 Å². The molecule has 0 aliphatic carbocycles. The van der Waals surface area contributed by atoms with Gasteiger partial charge < -0.3 is 4.74 Å². The number of rotatable bonds is 5. The van der Waals surface area contributed by atoms with Gasteiger partial charge in [0.25, 0.3) is 0 Å². The molecule has 0 aromatic carbocycles. The summed E-state index contributed by atoms with van der Waals surface area (Å²) >= 11 is 2.09. The molecule has 0 fully saturated rings. The van der Waals surface area contributed by atoms with Crippen LogP contribution in [0.25, 0.3) is 0 Å². The molecule has 64 valence electrons. The third-order valence-electron chi connectivity index (χ3n) is 1.18. The van der Waals surface area contributed by atoms with Crippen molar-refractivity contribution >= 4 is 28.6 Å². The first kappa shape index (κ1) is 10.9. The minimum Gasteiger partial charge on any atom is -0.462 e. The van der Waals surface area contributed by atoms with Crippen LogP contribution in [0.5, 0.6) is 0 Å². The van der Waals surface area contributed by atoms with E-state index in [4.69, 9.17) is 4.74 Å². The van der Waals surface area contributed by atoms with E-state index < -0.39 is 0 Å². The minimum atomic E-state index is -0.257. The van der Waals surface area contributed by atoms with Crippen molar-refractivity contribution in [3.63, 3.8) is 0 Å². The van der Waals surface area contributed by atoms with E-state index in [0.29, 0.717) is 16.6 Å². The van der Waals surface area contributed by atoms with E-state index >= 15 is 0 Å². The number of esters is 1. The summed E-state index contributed by atoms with van der Waals surface area (Å²) in [4.78, 5) is 10.9. The number of hydrogen-bond donors (Lipinski definition) is 0. The number of carbonyl (C=O) groups is 1. The van der Waals surface area contributed by atoms with Gasteiger partial charge in [-0.3, -0.25) is 0 Å². The fourth-order valence-corrected chi connectivity index (χ4v) is 0.777. The van der Waals surface area contributed by atoms with Crippen LogP contribution in [0.4, 0.5) is 0 Å². The van der Waals surface area contributed by atoms with Crippen LogP contribution >= 0.6 is 22.6 Å². The Morgan fingerprint density at radius 2 is 2.27 bits per heavy atom. The van der Waals surface area contributed by atoms with E-state index in [1.807, 2.05) is 0 Å². The zero-order valence-electron chi connectivity index (χ0n) is 6.73. The van der Waals surface area contributed by atoms with Crippen molar-refractivity contribution in [2.75, 3.05) is 11.0 Å². The highest BCUT2D eigenvalue weighted by Crippen LogP contribution is 2.00. The summed E-state index contributed by atoms with van der Waals surface area (Å²) in [6.45, 7) is 6.15. The van der Waals surface area contributed by atoms with Gasteiger partial charge in [0.15, 0.2) is 0 Å². The molecule has 0 heterocycles. The molecule has 11 heavy (non-hydrogen) atoms. The molecule has 2 nitrogen and oxygen atoms in total. The summed E-state index contributed by atoms with van der Waals surface area (Å²) < 4.78 is 5.53. The maximum atomic E-state index is 10.9. The van der Waals surface area contributed by atoms with Crippen molar-refractivity contribution in [1.29, 1.82) is 0 Å². The van der Waals surface area contributed by atoms with Crippen molar-refractivity contribution < 1.29 is 9.53 Å². The first-order chi connectivity index (χ1) is 5.22. The zero-order valence-corrected chi connectivity index (χ0v) is 8.89. The third kappa shape index (κ3) is 5.24. The van der Waals surface area contributed by atoms with Gasteiger partial charge in [0.05, 0.1) is 6.61 Å². The van der Waals surface area contributed by atoms with Crippen molar-refractivity contribution in [3.8, 4) is 0 Å². The Morgan fingerprint density at radius 3 is 2.73 bits per heavy atom. The van der Waals surface area contributed by atoms with Crippen LogP contribution in [0, 0.1) is 0 Å². The molecular formula is C8H13IO2. The first-order valence-corrected chi connectivity index (χ1v) is 5.15. The van der Waals surface area contributed by atoms with Crippen molar-refractivity contribution in [2.45, 2.75) is 19.8 Å². The molecule has 3 heteroatoms. The normalized spacial score (nSPS) is 9.27. The Balaban J connectivity index is 3.44. The fourth-order valence-electron chi connectivity index (χ4n) is 0.466. The van der Waals surface area contributed by atoms with Gasteiger partial charge in [-0.1, -0.05) is 42.5 Å². The van der Waals surface area contributed by atoms with Gasteiger partial charge >= 0.3 is 5.97 Å². The van der Waals surface area contributed by atoms with E-state index in [-0.39, 0.29) is 5.97 Å². The summed E-state index contributed by atoms with van der Waals surface area (Å²) in [6, 6.07) is 0. The highest BCUT2D eigenvalue weighted by molar-refractivity contribution is 14.1. The molecule has 0 saturated carbocycles. The second-order valence-electron chi connectivity index (χ2n) is 2.23. The van der Waals surface area contributed by atoms with Crippen LogP contribution in [-0.2, 0) is 9.53 Å². The lowest BCUT2D eigenvalue weighted by Crippen LogP contribution is -2.08. The van der Waals surface area contributed by atoms with Gasteiger partial charge in [-0.25, -0.2) is 4.79 Å². The average Bonchev–Trinajstić information content (AvgIpc) is 2.03. The number of halogens is 1. The second-order valence-corrected chi connectivity index (χ2v) is 2.99. The van der Waals surface area contributed by atoms with E-state index in [1.54, 1.807) is 0 Å². The lowest BCUT2D eigenvalue weighted by atomic mass is 10.3. The largest absolute Gasteiger partial charge is 0.462 e. The van der Waals surface area contributed by atoms with Gasteiger partial charge in [0.1, 0.15) is 0 Å². The SMILES string of the molecule is C=C(CI)C(=O)OCCCC. The molecular weight excluding hydrogens is 255 g/mol. The standard InChI is InChI=1S/C8H13IO2/c1-3-4-5-11-8(10)7(2)6-9/h2-6H2,1H3. The predicted octanol–water partition coefficient (Wildman–Crippen LogP) is 2.32. The molecule has 0 N–H and O–H groups in total. The summed E-state index contributed by atoms with van der Waals surface area (Å²) in [5, 5.41) is 0. The highest BCUT2D eigenvalue weighted by atomic mass is 127. The number of ether oxygens (including phenoxy) is 1. The summed E-state index contributed by atoms with van der Waals surface area (Å²) in [7, 11) is 0. The number of alkyl halides is 1. The number of hydrogen-bond acceptors (Lipinski definition) is 2.